The molecule has 1 aromatic carbocycles. The minimum absolute atomic E-state index is 0. The molecule has 2 N–H and O–H groups in total. The van der Waals surface area contributed by atoms with Crippen molar-refractivity contribution in [2.24, 2.45) is 12.0 Å². The molecule has 0 aliphatic rings. The highest BCUT2D eigenvalue weighted by Gasteiger charge is 2.09. The second kappa shape index (κ2) is 11.3. The first-order valence-corrected chi connectivity index (χ1v) is 11.3. The lowest BCUT2D eigenvalue weighted by molar-refractivity contribution is 0.601. The number of hydrogen-bond donors (Lipinski definition) is 2. The number of nitrogens with one attached hydrogen (secondary N) is 2. The molecule has 0 bridgehead atoms. The Morgan fingerprint density at radius 3 is 2.25 bits per heavy atom. The third kappa shape index (κ3) is 7.81. The van der Waals surface area contributed by atoms with Crippen LogP contribution in [0.25, 0.3) is 0 Å². The zero-order valence-corrected chi connectivity index (χ0v) is 20.7. The third-order valence-electron chi connectivity index (χ3n) is 3.87. The molecule has 1 aromatic heterocycles. The number of nitrogens with zero attached hydrogens (tertiary/aromatic N) is 2. The van der Waals surface area contributed by atoms with Crippen molar-refractivity contribution in [2.75, 3.05) is 12.8 Å². The van der Waals surface area contributed by atoms with Crippen molar-refractivity contribution >= 4 is 63.0 Å². The maximum absolute atomic E-state index is 11.4. The lowest BCUT2D eigenvalue weighted by Crippen LogP contribution is -2.37. The summed E-state index contributed by atoms with van der Waals surface area (Å²) in [5.41, 5.74) is 2.71. The van der Waals surface area contributed by atoms with E-state index in [9.17, 15) is 8.42 Å². The van der Waals surface area contributed by atoms with Crippen molar-refractivity contribution in [3.8, 4) is 0 Å². The first-order chi connectivity index (χ1) is 12.7. The van der Waals surface area contributed by atoms with Crippen molar-refractivity contribution in [3.63, 3.8) is 0 Å². The van der Waals surface area contributed by atoms with Gasteiger partial charge in [0.15, 0.2) is 15.8 Å². The fourth-order valence-electron chi connectivity index (χ4n) is 2.49. The highest BCUT2D eigenvalue weighted by atomic mass is 127. The summed E-state index contributed by atoms with van der Waals surface area (Å²) in [7, 11) is -1.18. The molecular formula is C18H25Cl2IN4O2S. The normalized spacial score (nSPS) is 11.8. The van der Waals surface area contributed by atoms with Crippen LogP contribution in [-0.4, -0.2) is 31.7 Å². The Kier molecular flexibility index (Phi) is 10.1. The van der Waals surface area contributed by atoms with Gasteiger partial charge in [-0.3, -0.25) is 0 Å². The van der Waals surface area contributed by atoms with Crippen LogP contribution in [0.5, 0.6) is 0 Å². The van der Waals surface area contributed by atoms with Crippen LogP contribution in [0.4, 0.5) is 0 Å². The van der Waals surface area contributed by atoms with Crippen LogP contribution >= 0.6 is 47.2 Å². The van der Waals surface area contributed by atoms with Gasteiger partial charge in [0, 0.05) is 25.5 Å². The van der Waals surface area contributed by atoms with Crippen molar-refractivity contribution in [2.45, 2.75) is 25.8 Å². The molecule has 6 nitrogen and oxygen atoms in total. The number of aliphatic imine (C=N–C) groups is 1. The quantitative estimate of drug-likeness (QED) is 0.308. The molecule has 0 atom stereocenters. The summed E-state index contributed by atoms with van der Waals surface area (Å²) in [6, 6.07) is 9.25. The van der Waals surface area contributed by atoms with E-state index in [1.807, 2.05) is 48.9 Å². The summed E-state index contributed by atoms with van der Waals surface area (Å²) in [6.45, 7) is 3.73. The van der Waals surface area contributed by atoms with Gasteiger partial charge in [-0.25, -0.2) is 13.4 Å². The number of rotatable bonds is 7. The second-order valence-corrected chi connectivity index (χ2v) is 9.17. The highest BCUT2D eigenvalue weighted by Crippen LogP contribution is 2.24. The lowest BCUT2D eigenvalue weighted by Gasteiger charge is -2.12. The van der Waals surface area contributed by atoms with Crippen molar-refractivity contribution in [1.29, 1.82) is 0 Å². The molecule has 10 heteroatoms. The first kappa shape index (κ1) is 25.1. The third-order valence-corrected chi connectivity index (χ3v) is 5.57. The molecular weight excluding hydrogens is 534 g/mol. The van der Waals surface area contributed by atoms with Crippen LogP contribution in [0.1, 0.15) is 23.7 Å². The van der Waals surface area contributed by atoms with Gasteiger partial charge in [0.1, 0.15) is 5.15 Å². The van der Waals surface area contributed by atoms with E-state index < -0.39 is 9.84 Å². The number of benzene rings is 1. The van der Waals surface area contributed by atoms with Gasteiger partial charge in [0.05, 0.1) is 23.9 Å². The van der Waals surface area contributed by atoms with Crippen LogP contribution in [0.3, 0.4) is 0 Å². The summed E-state index contributed by atoms with van der Waals surface area (Å²) in [4.78, 5) is 4.56. The summed E-state index contributed by atoms with van der Waals surface area (Å²) in [5.74, 6) is 0.717. The number of aromatic nitrogens is 1. The summed E-state index contributed by atoms with van der Waals surface area (Å²) < 4.78 is 24.5. The van der Waals surface area contributed by atoms with Crippen LogP contribution in [0.2, 0.25) is 10.2 Å². The van der Waals surface area contributed by atoms with Gasteiger partial charge in [0.2, 0.25) is 0 Å². The van der Waals surface area contributed by atoms with E-state index in [1.54, 1.807) is 0 Å². The van der Waals surface area contributed by atoms with E-state index >= 15 is 0 Å². The maximum Gasteiger partial charge on any atom is 0.191 e. The molecule has 1 heterocycles. The van der Waals surface area contributed by atoms with Crippen molar-refractivity contribution in [3.05, 3.63) is 57.3 Å². The Bertz CT molecular complexity index is 912. The molecule has 0 aliphatic carbocycles. The van der Waals surface area contributed by atoms with Gasteiger partial charge in [-0.1, -0.05) is 47.5 Å². The minimum atomic E-state index is -3.03. The molecule has 0 spiro atoms. The van der Waals surface area contributed by atoms with Gasteiger partial charge in [0.25, 0.3) is 0 Å². The topological polar surface area (TPSA) is 75.5 Å². The molecule has 0 unspecified atom stereocenters. The first-order valence-electron chi connectivity index (χ1n) is 8.47. The van der Waals surface area contributed by atoms with Crippen LogP contribution < -0.4 is 10.6 Å². The van der Waals surface area contributed by atoms with Gasteiger partial charge < -0.3 is 15.2 Å². The van der Waals surface area contributed by atoms with Crippen LogP contribution in [0.15, 0.2) is 35.3 Å². The maximum atomic E-state index is 11.4. The van der Waals surface area contributed by atoms with Gasteiger partial charge in [-0.2, -0.15) is 0 Å². The Morgan fingerprint density at radius 1 is 1.14 bits per heavy atom. The van der Waals surface area contributed by atoms with E-state index in [-0.39, 0.29) is 29.7 Å². The Hall–Kier alpha value is -0.970. The summed E-state index contributed by atoms with van der Waals surface area (Å²) >= 11 is 12.1. The fraction of sp³-hybridized carbons (Fsp3) is 0.389. The van der Waals surface area contributed by atoms with Crippen LogP contribution in [-0.2, 0) is 35.7 Å². The lowest BCUT2D eigenvalue weighted by atomic mass is 10.1. The van der Waals surface area contributed by atoms with E-state index in [0.29, 0.717) is 29.2 Å². The smallest absolute Gasteiger partial charge is 0.191 e. The molecule has 0 aliphatic heterocycles. The molecule has 2 aromatic rings. The standard InChI is InChI=1S/C18H24Cl2N4O2S.HI/c1-4-21-18(23-11-15-9-16(19)17(20)24(15)2)22-10-13-5-7-14(8-6-13)12-27(3,25)26;/h5-9H,4,10-12H2,1-3H3,(H2,21,22,23);1H. The number of sulfone groups is 1. The predicted octanol–water partition coefficient (Wildman–Crippen LogP) is 3.75. The molecule has 0 saturated heterocycles. The van der Waals surface area contributed by atoms with Crippen molar-refractivity contribution in [1.82, 2.24) is 15.2 Å². The van der Waals surface area contributed by atoms with E-state index in [1.165, 1.54) is 6.26 Å². The molecule has 0 amide bonds. The average molecular weight is 559 g/mol. The molecule has 0 fully saturated rings. The molecule has 28 heavy (non-hydrogen) atoms. The second-order valence-electron chi connectivity index (χ2n) is 6.27. The predicted molar refractivity (Wildman–Crippen MR) is 127 cm³/mol. The Labute approximate surface area is 193 Å². The fourth-order valence-corrected chi connectivity index (χ4v) is 3.70. The van der Waals surface area contributed by atoms with E-state index in [4.69, 9.17) is 23.2 Å². The zero-order valence-electron chi connectivity index (χ0n) is 16.0. The summed E-state index contributed by atoms with van der Waals surface area (Å²) in [5, 5.41) is 7.47. The van der Waals surface area contributed by atoms with E-state index in [2.05, 4.69) is 15.6 Å². The SMILES string of the molecule is CCNC(=NCc1ccc(CS(C)(=O)=O)cc1)NCc1cc(Cl)c(Cl)n1C.I. The van der Waals surface area contributed by atoms with E-state index in [0.717, 1.165) is 23.4 Å². The molecule has 0 radical (unpaired) electrons. The van der Waals surface area contributed by atoms with Crippen molar-refractivity contribution < 1.29 is 8.42 Å². The molecule has 2 rings (SSSR count). The number of guanidine groups is 1. The van der Waals surface area contributed by atoms with Gasteiger partial charge >= 0.3 is 0 Å². The van der Waals surface area contributed by atoms with Gasteiger partial charge in [-0.05, 0) is 24.1 Å². The Balaban J connectivity index is 0.00000392. The summed E-state index contributed by atoms with van der Waals surface area (Å²) in [6.07, 6.45) is 1.23. The zero-order chi connectivity index (χ0) is 20.0. The monoisotopic (exact) mass is 558 g/mol. The van der Waals surface area contributed by atoms with Crippen LogP contribution in [0, 0.1) is 0 Å². The highest BCUT2D eigenvalue weighted by molar-refractivity contribution is 14.0. The number of hydrogen-bond acceptors (Lipinski definition) is 3. The number of halogens is 3. The van der Waals surface area contributed by atoms with Gasteiger partial charge in [-0.15, -0.1) is 24.0 Å². The largest absolute Gasteiger partial charge is 0.357 e. The average Bonchev–Trinajstić information content (AvgIpc) is 2.84. The Morgan fingerprint density at radius 2 is 1.75 bits per heavy atom. The molecule has 0 saturated carbocycles. The molecule has 156 valence electrons. The minimum Gasteiger partial charge on any atom is -0.357 e.